The second-order valence-electron chi connectivity index (χ2n) is 6.57. The number of hydrogen-bond donors (Lipinski definition) is 1. The van der Waals surface area contributed by atoms with Gasteiger partial charge in [0.2, 0.25) is 5.91 Å². The molecule has 1 amide bonds. The van der Waals surface area contributed by atoms with Gasteiger partial charge in [-0.15, -0.1) is 0 Å². The molecule has 3 rings (SSSR count). The Balaban J connectivity index is 1.81. The summed E-state index contributed by atoms with van der Waals surface area (Å²) in [6.45, 7) is 0. The van der Waals surface area contributed by atoms with Gasteiger partial charge < -0.3 is 14.6 Å². The average molecular weight is 415 g/mol. The van der Waals surface area contributed by atoms with Gasteiger partial charge in [-0.3, -0.25) is 4.79 Å². The fourth-order valence-electron chi connectivity index (χ4n) is 2.93. The minimum absolute atomic E-state index is 0.276. The van der Waals surface area contributed by atoms with Gasteiger partial charge in [0.1, 0.15) is 17.6 Å². The highest BCUT2D eigenvalue weighted by Crippen LogP contribution is 2.29. The lowest BCUT2D eigenvalue weighted by Gasteiger charge is -2.18. The van der Waals surface area contributed by atoms with Crippen molar-refractivity contribution in [2.24, 2.45) is 7.05 Å². The van der Waals surface area contributed by atoms with E-state index in [0.717, 1.165) is 17.7 Å². The molecule has 2 aromatic carbocycles. The molecule has 0 spiro atoms. The molecule has 0 bridgehead atoms. The molecule has 0 radical (unpaired) electrons. The zero-order valence-electron chi connectivity index (χ0n) is 16.4. The van der Waals surface area contributed by atoms with E-state index in [1.54, 1.807) is 36.2 Å². The van der Waals surface area contributed by atoms with Crippen LogP contribution in [0.2, 0.25) is 0 Å². The number of aryl methyl sites for hydroxylation is 1. The van der Waals surface area contributed by atoms with E-state index in [0.29, 0.717) is 11.6 Å². The zero-order chi connectivity index (χ0) is 21.7. The molecule has 30 heavy (non-hydrogen) atoms. The molecule has 5 nitrogen and oxygen atoms in total. The van der Waals surface area contributed by atoms with Crippen LogP contribution in [0, 0.1) is 0 Å². The molecule has 0 saturated carbocycles. The lowest BCUT2D eigenvalue weighted by molar-refractivity contribution is -0.137. The SMILES string of the molecule is COc1ccc(C(NC(=O)/C=C/c2cccc(C(F)(F)F)c2)c2nccn2C)cc1. The number of imidazole rings is 1. The van der Waals surface area contributed by atoms with Crippen molar-refractivity contribution in [3.63, 3.8) is 0 Å². The number of nitrogens with zero attached hydrogens (tertiary/aromatic N) is 2. The van der Waals surface area contributed by atoms with Crippen molar-refractivity contribution in [2.45, 2.75) is 12.2 Å². The molecule has 1 N–H and O–H groups in total. The molecule has 3 aromatic rings. The molecule has 0 fully saturated rings. The number of aromatic nitrogens is 2. The van der Waals surface area contributed by atoms with Crippen molar-refractivity contribution in [1.29, 1.82) is 0 Å². The maximum atomic E-state index is 12.9. The van der Waals surface area contributed by atoms with Gasteiger partial charge in [-0.25, -0.2) is 4.98 Å². The van der Waals surface area contributed by atoms with E-state index in [2.05, 4.69) is 10.3 Å². The van der Waals surface area contributed by atoms with Crippen LogP contribution in [0.5, 0.6) is 5.75 Å². The third-order valence-corrected chi connectivity index (χ3v) is 4.49. The van der Waals surface area contributed by atoms with Crippen molar-refractivity contribution in [1.82, 2.24) is 14.9 Å². The summed E-state index contributed by atoms with van der Waals surface area (Å²) in [6.07, 6.45) is 1.49. The van der Waals surface area contributed by atoms with Crippen LogP contribution < -0.4 is 10.1 Å². The number of carbonyl (C=O) groups is 1. The Labute approximate surface area is 171 Å². The van der Waals surface area contributed by atoms with E-state index < -0.39 is 23.7 Å². The minimum Gasteiger partial charge on any atom is -0.497 e. The summed E-state index contributed by atoms with van der Waals surface area (Å²) in [5, 5.41) is 2.86. The van der Waals surface area contributed by atoms with E-state index in [9.17, 15) is 18.0 Å². The molecule has 0 aliphatic carbocycles. The Bertz CT molecular complexity index is 1040. The number of hydrogen-bond acceptors (Lipinski definition) is 3. The number of benzene rings is 2. The average Bonchev–Trinajstić information content (AvgIpc) is 3.16. The molecule has 1 unspecified atom stereocenters. The third-order valence-electron chi connectivity index (χ3n) is 4.49. The van der Waals surface area contributed by atoms with Crippen molar-refractivity contribution in [2.75, 3.05) is 7.11 Å². The fourth-order valence-corrected chi connectivity index (χ4v) is 2.93. The molecule has 1 aromatic heterocycles. The summed E-state index contributed by atoms with van der Waals surface area (Å²) in [7, 11) is 3.37. The van der Waals surface area contributed by atoms with Crippen LogP contribution in [-0.2, 0) is 18.0 Å². The predicted octanol–water partition coefficient (Wildman–Crippen LogP) is 4.37. The summed E-state index contributed by atoms with van der Waals surface area (Å²) in [5.74, 6) is 0.824. The molecule has 0 aliphatic rings. The first-order valence-corrected chi connectivity index (χ1v) is 9.05. The molecule has 1 atom stereocenters. The molecule has 8 heteroatoms. The molecular weight excluding hydrogens is 395 g/mol. The van der Waals surface area contributed by atoms with Crippen molar-refractivity contribution < 1.29 is 22.7 Å². The summed E-state index contributed by atoms with van der Waals surface area (Å²) >= 11 is 0. The number of ether oxygens (including phenoxy) is 1. The van der Waals surface area contributed by atoms with E-state index in [4.69, 9.17) is 4.74 Å². The highest BCUT2D eigenvalue weighted by Gasteiger charge is 2.30. The van der Waals surface area contributed by atoms with E-state index >= 15 is 0 Å². The number of carbonyl (C=O) groups excluding carboxylic acids is 1. The number of rotatable bonds is 6. The van der Waals surface area contributed by atoms with Gasteiger partial charge in [-0.05, 0) is 41.5 Å². The van der Waals surface area contributed by atoms with Gasteiger partial charge in [0, 0.05) is 25.5 Å². The summed E-state index contributed by atoms with van der Waals surface area (Å²) in [5.41, 5.74) is 0.290. The number of alkyl halides is 3. The second kappa shape index (κ2) is 8.86. The van der Waals surface area contributed by atoms with Crippen molar-refractivity contribution >= 4 is 12.0 Å². The molecule has 0 saturated heterocycles. The monoisotopic (exact) mass is 415 g/mol. The maximum absolute atomic E-state index is 12.9. The smallest absolute Gasteiger partial charge is 0.416 e. The normalized spacial score (nSPS) is 12.7. The Morgan fingerprint density at radius 2 is 1.93 bits per heavy atom. The number of halogens is 3. The van der Waals surface area contributed by atoms with Gasteiger partial charge in [0.25, 0.3) is 0 Å². The Morgan fingerprint density at radius 3 is 2.53 bits per heavy atom. The fraction of sp³-hybridized carbons (Fsp3) is 0.182. The first kappa shape index (κ1) is 21.2. The summed E-state index contributed by atoms with van der Waals surface area (Å²) < 4.78 is 45.5. The van der Waals surface area contributed by atoms with Crippen LogP contribution in [0.25, 0.3) is 6.08 Å². The topological polar surface area (TPSA) is 56.1 Å². The van der Waals surface area contributed by atoms with Crippen molar-refractivity contribution in [3.8, 4) is 5.75 Å². The van der Waals surface area contributed by atoms with Gasteiger partial charge in [-0.2, -0.15) is 13.2 Å². The highest BCUT2D eigenvalue weighted by molar-refractivity contribution is 5.92. The van der Waals surface area contributed by atoms with E-state index in [1.807, 2.05) is 19.2 Å². The van der Waals surface area contributed by atoms with Gasteiger partial charge in [-0.1, -0.05) is 24.3 Å². The molecule has 156 valence electrons. The maximum Gasteiger partial charge on any atom is 0.416 e. The van der Waals surface area contributed by atoms with Gasteiger partial charge >= 0.3 is 6.18 Å². The standard InChI is InChI=1S/C22H20F3N3O2/c1-28-13-12-26-21(28)20(16-7-9-18(30-2)10-8-16)27-19(29)11-6-15-4-3-5-17(14-15)22(23,24)25/h3-14,20H,1-2H3,(H,27,29)/b11-6+. The number of amides is 1. The Kier molecular flexibility index (Phi) is 6.25. The summed E-state index contributed by atoms with van der Waals surface area (Å²) in [4.78, 5) is 16.8. The summed E-state index contributed by atoms with van der Waals surface area (Å²) in [6, 6.07) is 11.4. The first-order valence-electron chi connectivity index (χ1n) is 9.05. The van der Waals surface area contributed by atoms with Crippen LogP contribution in [0.3, 0.4) is 0 Å². The Morgan fingerprint density at radius 1 is 1.20 bits per heavy atom. The third kappa shape index (κ3) is 5.08. The van der Waals surface area contributed by atoms with E-state index in [1.165, 1.54) is 24.3 Å². The van der Waals surface area contributed by atoms with Crippen LogP contribution >= 0.6 is 0 Å². The van der Waals surface area contributed by atoms with Crippen LogP contribution in [-0.4, -0.2) is 22.6 Å². The second-order valence-corrected chi connectivity index (χ2v) is 6.57. The highest BCUT2D eigenvalue weighted by atomic mass is 19.4. The molecular formula is C22H20F3N3O2. The number of methoxy groups -OCH3 is 1. The Hall–Kier alpha value is -3.55. The van der Waals surface area contributed by atoms with Gasteiger partial charge in [0.15, 0.2) is 0 Å². The zero-order valence-corrected chi connectivity index (χ0v) is 16.4. The van der Waals surface area contributed by atoms with Crippen LogP contribution in [0.4, 0.5) is 13.2 Å². The lowest BCUT2D eigenvalue weighted by Crippen LogP contribution is -2.29. The largest absolute Gasteiger partial charge is 0.497 e. The lowest BCUT2D eigenvalue weighted by atomic mass is 10.1. The van der Waals surface area contributed by atoms with Crippen LogP contribution in [0.1, 0.15) is 28.6 Å². The molecule has 1 heterocycles. The van der Waals surface area contributed by atoms with Crippen LogP contribution in [0.15, 0.2) is 67.0 Å². The molecule has 0 aliphatic heterocycles. The minimum atomic E-state index is -4.44. The first-order chi connectivity index (χ1) is 14.3. The quantitative estimate of drug-likeness (QED) is 0.609. The predicted molar refractivity (Wildman–Crippen MR) is 107 cm³/mol. The van der Waals surface area contributed by atoms with E-state index in [-0.39, 0.29) is 5.56 Å². The van der Waals surface area contributed by atoms with Crippen molar-refractivity contribution in [3.05, 3.63) is 89.5 Å². The number of nitrogens with one attached hydrogen (secondary N) is 1. The van der Waals surface area contributed by atoms with Gasteiger partial charge in [0.05, 0.1) is 12.7 Å².